The minimum absolute atomic E-state index is 0.246. The summed E-state index contributed by atoms with van der Waals surface area (Å²) < 4.78 is 0. The molecule has 23 heavy (non-hydrogen) atoms. The Kier molecular flexibility index (Phi) is 5.12. The van der Waals surface area contributed by atoms with Crippen molar-refractivity contribution in [3.05, 3.63) is 23.6 Å². The number of nitrogens with zero attached hydrogens (tertiary/aromatic N) is 5. The summed E-state index contributed by atoms with van der Waals surface area (Å²) in [4.78, 5) is 22.4. The van der Waals surface area contributed by atoms with Gasteiger partial charge in [-0.25, -0.2) is 9.97 Å². The molecule has 0 bridgehead atoms. The van der Waals surface area contributed by atoms with Crippen molar-refractivity contribution in [2.75, 3.05) is 18.4 Å². The number of anilines is 2. The first kappa shape index (κ1) is 15.8. The van der Waals surface area contributed by atoms with Gasteiger partial charge in [-0.05, 0) is 25.2 Å². The van der Waals surface area contributed by atoms with Crippen LogP contribution in [0, 0.1) is 5.92 Å². The van der Waals surface area contributed by atoms with Gasteiger partial charge in [0.25, 0.3) is 0 Å². The monoisotopic (exact) mass is 332 g/mol. The standard InChI is InChI=1S/C15H20N6OS/c1-2-14(22)21-5-3-4-11(8-21)6-12-7-13(17-9-16-12)19-15-20-18-10-23-15/h7,9-11H,2-6,8H2,1H3,(H,16,17,19,20)/t11-/m1/s1. The van der Waals surface area contributed by atoms with Crippen LogP contribution in [0.4, 0.5) is 10.9 Å². The Morgan fingerprint density at radius 1 is 1.48 bits per heavy atom. The number of likely N-dealkylation sites (tertiary alicyclic amines) is 1. The Morgan fingerprint density at radius 2 is 2.39 bits per heavy atom. The lowest BCUT2D eigenvalue weighted by molar-refractivity contribution is -0.132. The fraction of sp³-hybridized carbons (Fsp3) is 0.533. The zero-order valence-corrected chi connectivity index (χ0v) is 13.9. The largest absolute Gasteiger partial charge is 0.342 e. The molecule has 0 unspecified atom stereocenters. The van der Waals surface area contributed by atoms with Gasteiger partial charge in [-0.2, -0.15) is 0 Å². The maximum absolute atomic E-state index is 11.9. The van der Waals surface area contributed by atoms with E-state index >= 15 is 0 Å². The molecule has 1 aliphatic rings. The molecule has 2 aromatic heterocycles. The third kappa shape index (κ3) is 4.22. The van der Waals surface area contributed by atoms with E-state index in [0.29, 0.717) is 17.5 Å². The molecule has 0 radical (unpaired) electrons. The second-order valence-electron chi connectivity index (χ2n) is 5.67. The second kappa shape index (κ2) is 7.45. The Hall–Kier alpha value is -2.09. The number of aromatic nitrogens is 4. The van der Waals surface area contributed by atoms with Gasteiger partial charge in [0.15, 0.2) is 0 Å². The number of nitrogens with one attached hydrogen (secondary N) is 1. The maximum atomic E-state index is 11.9. The van der Waals surface area contributed by atoms with Gasteiger partial charge in [0.1, 0.15) is 17.7 Å². The van der Waals surface area contributed by atoms with E-state index in [4.69, 9.17) is 0 Å². The van der Waals surface area contributed by atoms with Gasteiger partial charge in [-0.15, -0.1) is 10.2 Å². The molecule has 1 fully saturated rings. The van der Waals surface area contributed by atoms with Crippen molar-refractivity contribution in [2.24, 2.45) is 5.92 Å². The number of hydrogen-bond acceptors (Lipinski definition) is 7. The maximum Gasteiger partial charge on any atom is 0.222 e. The molecule has 1 aliphatic heterocycles. The molecule has 1 atom stereocenters. The summed E-state index contributed by atoms with van der Waals surface area (Å²) in [6.45, 7) is 3.63. The van der Waals surface area contributed by atoms with Crippen LogP contribution in [0.25, 0.3) is 0 Å². The molecule has 0 saturated carbocycles. The zero-order valence-electron chi connectivity index (χ0n) is 13.1. The summed E-state index contributed by atoms with van der Waals surface area (Å²) in [6.07, 6.45) is 5.21. The highest BCUT2D eigenvalue weighted by atomic mass is 32.1. The van der Waals surface area contributed by atoms with Gasteiger partial charge >= 0.3 is 0 Å². The highest BCUT2D eigenvalue weighted by Crippen LogP contribution is 2.22. The molecule has 8 heteroatoms. The molecule has 2 aromatic rings. The minimum atomic E-state index is 0.246. The third-order valence-electron chi connectivity index (χ3n) is 3.99. The van der Waals surface area contributed by atoms with E-state index in [-0.39, 0.29) is 5.91 Å². The van der Waals surface area contributed by atoms with E-state index < -0.39 is 0 Å². The quantitative estimate of drug-likeness (QED) is 0.904. The molecule has 1 saturated heterocycles. The number of carbonyl (C=O) groups excluding carboxylic acids is 1. The number of rotatable bonds is 5. The molecule has 0 spiro atoms. The van der Waals surface area contributed by atoms with Crippen LogP contribution in [0.15, 0.2) is 17.9 Å². The van der Waals surface area contributed by atoms with Crippen molar-refractivity contribution in [1.82, 2.24) is 25.1 Å². The predicted molar refractivity (Wildman–Crippen MR) is 88.5 cm³/mol. The van der Waals surface area contributed by atoms with Crippen LogP contribution in [-0.2, 0) is 11.2 Å². The van der Waals surface area contributed by atoms with Gasteiger partial charge in [-0.1, -0.05) is 18.3 Å². The predicted octanol–water partition coefficient (Wildman–Crippen LogP) is 2.26. The Balaban J connectivity index is 1.62. The van der Waals surface area contributed by atoms with Gasteiger partial charge < -0.3 is 10.2 Å². The molecular formula is C15H20N6OS. The van der Waals surface area contributed by atoms with Crippen molar-refractivity contribution < 1.29 is 4.79 Å². The molecule has 7 nitrogen and oxygen atoms in total. The summed E-state index contributed by atoms with van der Waals surface area (Å²) in [7, 11) is 0. The third-order valence-corrected chi connectivity index (χ3v) is 4.60. The van der Waals surface area contributed by atoms with E-state index in [0.717, 1.165) is 43.9 Å². The Bertz CT molecular complexity index is 647. The minimum Gasteiger partial charge on any atom is -0.342 e. The van der Waals surface area contributed by atoms with Gasteiger partial charge in [0.2, 0.25) is 11.0 Å². The van der Waals surface area contributed by atoms with Gasteiger partial charge in [0, 0.05) is 31.3 Å². The first-order chi connectivity index (χ1) is 11.2. The van der Waals surface area contributed by atoms with Crippen molar-refractivity contribution in [1.29, 1.82) is 0 Å². The van der Waals surface area contributed by atoms with Crippen LogP contribution in [0.5, 0.6) is 0 Å². The fourth-order valence-electron chi connectivity index (χ4n) is 2.89. The Labute approximate surface area is 139 Å². The summed E-state index contributed by atoms with van der Waals surface area (Å²) in [5.74, 6) is 1.43. The summed E-state index contributed by atoms with van der Waals surface area (Å²) in [5.41, 5.74) is 2.66. The van der Waals surface area contributed by atoms with E-state index in [9.17, 15) is 4.79 Å². The van der Waals surface area contributed by atoms with Crippen LogP contribution in [0.2, 0.25) is 0 Å². The molecular weight excluding hydrogens is 312 g/mol. The zero-order chi connectivity index (χ0) is 16.1. The number of hydrogen-bond donors (Lipinski definition) is 1. The molecule has 122 valence electrons. The summed E-state index contributed by atoms with van der Waals surface area (Å²) in [5, 5.41) is 11.6. The van der Waals surface area contributed by atoms with Crippen molar-refractivity contribution in [2.45, 2.75) is 32.6 Å². The Morgan fingerprint density at radius 3 is 3.17 bits per heavy atom. The lowest BCUT2D eigenvalue weighted by Gasteiger charge is -2.32. The van der Waals surface area contributed by atoms with E-state index in [1.165, 1.54) is 11.3 Å². The second-order valence-corrected chi connectivity index (χ2v) is 6.50. The average Bonchev–Trinajstić information content (AvgIpc) is 3.07. The SMILES string of the molecule is CCC(=O)N1CCC[C@H](Cc2cc(Nc3nncs3)ncn2)C1. The van der Waals surface area contributed by atoms with Crippen LogP contribution in [-0.4, -0.2) is 44.1 Å². The molecule has 3 rings (SSSR count). The highest BCUT2D eigenvalue weighted by Gasteiger charge is 2.23. The molecule has 1 N–H and O–H groups in total. The number of piperidine rings is 1. The van der Waals surface area contributed by atoms with Crippen LogP contribution < -0.4 is 5.32 Å². The molecule has 0 aromatic carbocycles. The summed E-state index contributed by atoms with van der Waals surface area (Å²) >= 11 is 1.43. The topological polar surface area (TPSA) is 83.9 Å². The van der Waals surface area contributed by atoms with Crippen LogP contribution in [0.3, 0.4) is 0 Å². The smallest absolute Gasteiger partial charge is 0.222 e. The molecule has 3 heterocycles. The van der Waals surface area contributed by atoms with Gasteiger partial charge in [-0.3, -0.25) is 4.79 Å². The number of amides is 1. The molecule has 0 aliphatic carbocycles. The van der Waals surface area contributed by atoms with Gasteiger partial charge in [0.05, 0.1) is 0 Å². The lowest BCUT2D eigenvalue weighted by Crippen LogP contribution is -2.40. The van der Waals surface area contributed by atoms with Crippen LogP contribution in [0.1, 0.15) is 31.9 Å². The summed E-state index contributed by atoms with van der Waals surface area (Å²) in [6, 6.07) is 1.95. The highest BCUT2D eigenvalue weighted by molar-refractivity contribution is 7.13. The fourth-order valence-corrected chi connectivity index (χ4v) is 3.34. The van der Waals surface area contributed by atoms with E-state index in [1.807, 2.05) is 17.9 Å². The van der Waals surface area contributed by atoms with Crippen molar-refractivity contribution >= 4 is 28.2 Å². The first-order valence-electron chi connectivity index (χ1n) is 7.86. The first-order valence-corrected chi connectivity index (χ1v) is 8.74. The number of carbonyl (C=O) groups is 1. The van der Waals surface area contributed by atoms with E-state index in [2.05, 4.69) is 25.5 Å². The molecule has 1 amide bonds. The van der Waals surface area contributed by atoms with E-state index in [1.54, 1.807) is 11.8 Å². The lowest BCUT2D eigenvalue weighted by atomic mass is 9.93. The van der Waals surface area contributed by atoms with Crippen molar-refractivity contribution in [3.8, 4) is 0 Å². The van der Waals surface area contributed by atoms with Crippen molar-refractivity contribution in [3.63, 3.8) is 0 Å². The normalized spacial score (nSPS) is 18.0. The van der Waals surface area contributed by atoms with Crippen LogP contribution >= 0.6 is 11.3 Å². The average molecular weight is 332 g/mol.